The van der Waals surface area contributed by atoms with Crippen molar-refractivity contribution in [2.75, 3.05) is 13.2 Å². The zero-order valence-electron chi connectivity index (χ0n) is 12.2. The molecule has 3 rings (SSSR count). The van der Waals surface area contributed by atoms with Crippen LogP contribution in [0.4, 0.5) is 0 Å². The van der Waals surface area contributed by atoms with E-state index in [0.717, 1.165) is 50.6 Å². The van der Waals surface area contributed by atoms with E-state index in [1.54, 1.807) is 0 Å². The number of carbonyl (C=O) groups excluding carboxylic acids is 1. The van der Waals surface area contributed by atoms with Gasteiger partial charge in [0.05, 0.1) is 18.1 Å². The molecular formula is C17H22ClNO2. The first-order valence-electron chi connectivity index (χ1n) is 7.85. The van der Waals surface area contributed by atoms with Crippen molar-refractivity contribution in [2.24, 2.45) is 0 Å². The topological polar surface area (TPSA) is 40.5 Å². The van der Waals surface area contributed by atoms with Crippen LogP contribution in [-0.2, 0) is 10.2 Å². The molecule has 0 spiro atoms. The molecule has 1 atom stereocenters. The minimum Gasteiger partial charge on any atom is -0.394 e. The first kappa shape index (κ1) is 14.9. The van der Waals surface area contributed by atoms with Crippen LogP contribution in [0, 0.1) is 0 Å². The lowest BCUT2D eigenvalue weighted by atomic mass is 9.93. The molecule has 3 nitrogen and oxygen atoms in total. The predicted molar refractivity (Wildman–Crippen MR) is 83.4 cm³/mol. The maximum atomic E-state index is 13.1. The molecule has 1 saturated carbocycles. The predicted octanol–water partition coefficient (Wildman–Crippen LogP) is 3.14. The Morgan fingerprint density at radius 2 is 1.95 bits per heavy atom. The lowest BCUT2D eigenvalue weighted by Gasteiger charge is -2.32. The molecule has 0 bridgehead atoms. The second-order valence-electron chi connectivity index (χ2n) is 6.27. The molecule has 2 fully saturated rings. The number of hydrogen-bond donors (Lipinski definition) is 1. The molecule has 1 aromatic rings. The highest BCUT2D eigenvalue weighted by atomic mass is 35.5. The summed E-state index contributed by atoms with van der Waals surface area (Å²) in [4.78, 5) is 15.0. The summed E-state index contributed by atoms with van der Waals surface area (Å²) >= 11 is 5.95. The van der Waals surface area contributed by atoms with Crippen molar-refractivity contribution in [3.63, 3.8) is 0 Å². The summed E-state index contributed by atoms with van der Waals surface area (Å²) in [5.74, 6) is 0.200. The second-order valence-corrected chi connectivity index (χ2v) is 6.71. The number of aliphatic hydroxyl groups is 1. The normalized spacial score (nSPS) is 24.5. The van der Waals surface area contributed by atoms with Gasteiger partial charge in [-0.3, -0.25) is 4.79 Å². The summed E-state index contributed by atoms with van der Waals surface area (Å²) in [6, 6.07) is 7.65. The molecule has 0 aromatic heterocycles. The van der Waals surface area contributed by atoms with Gasteiger partial charge in [-0.2, -0.15) is 0 Å². The fourth-order valence-corrected chi connectivity index (χ4v) is 3.56. The first-order chi connectivity index (χ1) is 10.2. The highest BCUT2D eigenvalue weighted by Gasteiger charge is 2.53. The minimum absolute atomic E-state index is 0.00947. The number of halogens is 1. The van der Waals surface area contributed by atoms with Crippen LogP contribution in [0.3, 0.4) is 0 Å². The Labute approximate surface area is 130 Å². The number of likely N-dealkylation sites (tertiary alicyclic amines) is 1. The third-order valence-electron chi connectivity index (χ3n) is 4.90. The van der Waals surface area contributed by atoms with Gasteiger partial charge in [-0.25, -0.2) is 0 Å². The second kappa shape index (κ2) is 5.98. The van der Waals surface area contributed by atoms with Crippen LogP contribution in [0.15, 0.2) is 24.3 Å². The summed E-state index contributed by atoms with van der Waals surface area (Å²) in [7, 11) is 0. The summed E-state index contributed by atoms with van der Waals surface area (Å²) < 4.78 is 0. The molecule has 1 unspecified atom stereocenters. The zero-order chi connectivity index (χ0) is 14.9. The number of nitrogens with zero attached hydrogens (tertiary/aromatic N) is 1. The largest absolute Gasteiger partial charge is 0.394 e. The molecule has 2 aliphatic rings. The van der Waals surface area contributed by atoms with E-state index in [0.29, 0.717) is 5.02 Å². The maximum absolute atomic E-state index is 13.1. The SMILES string of the molecule is O=C(N1CCCCCC1CO)C1(c2ccc(Cl)cc2)CC1. The zero-order valence-corrected chi connectivity index (χ0v) is 13.0. The van der Waals surface area contributed by atoms with E-state index in [-0.39, 0.29) is 24.0 Å². The lowest BCUT2D eigenvalue weighted by molar-refractivity contribution is -0.137. The van der Waals surface area contributed by atoms with E-state index < -0.39 is 0 Å². The van der Waals surface area contributed by atoms with Crippen molar-refractivity contribution in [1.29, 1.82) is 0 Å². The molecule has 4 heteroatoms. The Morgan fingerprint density at radius 3 is 2.57 bits per heavy atom. The summed E-state index contributed by atoms with van der Waals surface area (Å²) in [6.07, 6.45) is 6.01. The van der Waals surface area contributed by atoms with E-state index in [2.05, 4.69) is 0 Å². The summed E-state index contributed by atoms with van der Waals surface area (Å²) in [6.45, 7) is 0.849. The molecule has 1 heterocycles. The number of aliphatic hydroxyl groups excluding tert-OH is 1. The maximum Gasteiger partial charge on any atom is 0.233 e. The molecule has 1 aromatic carbocycles. The van der Waals surface area contributed by atoms with Gasteiger partial charge in [-0.1, -0.05) is 36.6 Å². The van der Waals surface area contributed by atoms with E-state index in [9.17, 15) is 9.90 Å². The van der Waals surface area contributed by atoms with Gasteiger partial charge >= 0.3 is 0 Å². The number of benzene rings is 1. The fourth-order valence-electron chi connectivity index (χ4n) is 3.43. The van der Waals surface area contributed by atoms with Crippen molar-refractivity contribution in [3.8, 4) is 0 Å². The van der Waals surface area contributed by atoms with Gasteiger partial charge in [0.25, 0.3) is 0 Å². The Morgan fingerprint density at radius 1 is 1.24 bits per heavy atom. The van der Waals surface area contributed by atoms with Gasteiger partial charge in [0.2, 0.25) is 5.91 Å². The van der Waals surface area contributed by atoms with Crippen LogP contribution >= 0.6 is 11.6 Å². The Balaban J connectivity index is 1.84. The third-order valence-corrected chi connectivity index (χ3v) is 5.16. The monoisotopic (exact) mass is 307 g/mol. The minimum atomic E-state index is -0.359. The van der Waals surface area contributed by atoms with E-state index in [1.807, 2.05) is 29.2 Å². The molecule has 0 radical (unpaired) electrons. The van der Waals surface area contributed by atoms with Crippen LogP contribution in [0.25, 0.3) is 0 Å². The van der Waals surface area contributed by atoms with Crippen LogP contribution in [0.5, 0.6) is 0 Å². The van der Waals surface area contributed by atoms with Gasteiger partial charge in [0, 0.05) is 11.6 Å². The molecule has 1 aliphatic heterocycles. The summed E-state index contributed by atoms with van der Waals surface area (Å²) in [5, 5.41) is 10.3. The van der Waals surface area contributed by atoms with Crippen molar-refractivity contribution in [2.45, 2.75) is 50.0 Å². The van der Waals surface area contributed by atoms with Gasteiger partial charge in [0.15, 0.2) is 0 Å². The van der Waals surface area contributed by atoms with E-state index in [1.165, 1.54) is 0 Å². The Bertz CT molecular complexity index is 510. The molecule has 1 amide bonds. The standard InChI is InChI=1S/C17H22ClNO2/c18-14-7-5-13(6-8-14)17(9-10-17)16(21)19-11-3-1-2-4-15(19)12-20/h5-8,15,20H,1-4,9-12H2. The highest BCUT2D eigenvalue weighted by Crippen LogP contribution is 2.50. The van der Waals surface area contributed by atoms with E-state index in [4.69, 9.17) is 11.6 Å². The number of hydrogen-bond acceptors (Lipinski definition) is 2. The average molecular weight is 308 g/mol. The van der Waals surface area contributed by atoms with Crippen LogP contribution in [0.1, 0.15) is 44.1 Å². The van der Waals surface area contributed by atoms with Crippen molar-refractivity contribution < 1.29 is 9.90 Å². The highest BCUT2D eigenvalue weighted by molar-refractivity contribution is 6.30. The smallest absolute Gasteiger partial charge is 0.233 e. The Kier molecular flexibility index (Phi) is 4.23. The molecule has 1 aliphatic carbocycles. The van der Waals surface area contributed by atoms with Crippen molar-refractivity contribution >= 4 is 17.5 Å². The number of rotatable bonds is 3. The number of amides is 1. The van der Waals surface area contributed by atoms with Crippen LogP contribution in [-0.4, -0.2) is 35.1 Å². The first-order valence-corrected chi connectivity index (χ1v) is 8.23. The number of carbonyl (C=O) groups is 1. The van der Waals surface area contributed by atoms with E-state index >= 15 is 0 Å². The average Bonchev–Trinajstić information content (AvgIpc) is 3.31. The molecule has 114 valence electrons. The lowest BCUT2D eigenvalue weighted by Crippen LogP contribution is -2.47. The molecule has 1 N–H and O–H groups in total. The Hall–Kier alpha value is -1.06. The van der Waals surface area contributed by atoms with Gasteiger partial charge in [-0.05, 0) is 43.4 Å². The van der Waals surface area contributed by atoms with Gasteiger partial charge in [-0.15, -0.1) is 0 Å². The van der Waals surface area contributed by atoms with Crippen LogP contribution < -0.4 is 0 Å². The molecule has 21 heavy (non-hydrogen) atoms. The molecule has 1 saturated heterocycles. The third kappa shape index (κ3) is 2.82. The molecular weight excluding hydrogens is 286 g/mol. The van der Waals surface area contributed by atoms with Gasteiger partial charge < -0.3 is 10.0 Å². The van der Waals surface area contributed by atoms with Crippen LogP contribution in [0.2, 0.25) is 5.02 Å². The van der Waals surface area contributed by atoms with Crippen molar-refractivity contribution in [3.05, 3.63) is 34.9 Å². The quantitative estimate of drug-likeness (QED) is 0.932. The van der Waals surface area contributed by atoms with Gasteiger partial charge in [0.1, 0.15) is 0 Å². The summed E-state index contributed by atoms with van der Waals surface area (Å²) in [5.41, 5.74) is 0.709. The van der Waals surface area contributed by atoms with Crippen molar-refractivity contribution in [1.82, 2.24) is 4.90 Å². The fraction of sp³-hybridized carbons (Fsp3) is 0.588.